The largest absolute Gasteiger partial charge is 0.494 e. The molecule has 1 aromatic carbocycles. The van der Waals surface area contributed by atoms with Crippen LogP contribution in [0.2, 0.25) is 0 Å². The zero-order valence-electron chi connectivity index (χ0n) is 13.5. The molecule has 0 bridgehead atoms. The molecular weight excluding hydrogens is 280 g/mol. The summed E-state index contributed by atoms with van der Waals surface area (Å²) in [6, 6.07) is 6.93. The molecule has 0 aromatic heterocycles. The van der Waals surface area contributed by atoms with Crippen LogP contribution in [-0.4, -0.2) is 23.5 Å². The Balaban J connectivity index is 3.32. The Labute approximate surface area is 131 Å². The maximum absolute atomic E-state index is 11.9. The third-order valence-electron chi connectivity index (χ3n) is 3.45. The number of benzene rings is 1. The fraction of sp³-hybridized carbons (Fsp3) is 0.444. The molecule has 1 aromatic rings. The molecule has 0 radical (unpaired) electrons. The first kappa shape index (κ1) is 17.8. The second-order valence-corrected chi connectivity index (χ2v) is 5.41. The van der Waals surface area contributed by atoms with Crippen LogP contribution in [0.15, 0.2) is 24.3 Å². The maximum atomic E-state index is 11.9. The average Bonchev–Trinajstić information content (AvgIpc) is 2.44. The van der Waals surface area contributed by atoms with Gasteiger partial charge in [0, 0.05) is 0 Å². The lowest BCUT2D eigenvalue weighted by atomic mass is 9.72. The van der Waals surface area contributed by atoms with Crippen molar-refractivity contribution in [2.75, 3.05) is 6.61 Å². The Bertz CT molecular complexity index is 590. The van der Waals surface area contributed by atoms with Crippen molar-refractivity contribution >= 4 is 11.8 Å². The van der Waals surface area contributed by atoms with Gasteiger partial charge in [0.05, 0.1) is 13.0 Å². The van der Waals surface area contributed by atoms with Crippen LogP contribution >= 0.6 is 0 Å². The summed E-state index contributed by atoms with van der Waals surface area (Å²) in [4.78, 5) is 23.0. The van der Waals surface area contributed by atoms with Crippen molar-refractivity contribution in [3.8, 4) is 17.6 Å². The molecule has 0 aliphatic rings. The first-order chi connectivity index (χ1) is 10.3. The van der Waals surface area contributed by atoms with Crippen LogP contribution in [0.1, 0.15) is 39.7 Å². The van der Waals surface area contributed by atoms with Gasteiger partial charge in [-0.25, -0.2) is 0 Å². The number of hydrogen-bond acceptors (Lipinski definition) is 3. The van der Waals surface area contributed by atoms with Gasteiger partial charge < -0.3 is 9.84 Å². The van der Waals surface area contributed by atoms with Gasteiger partial charge in [0.1, 0.15) is 11.5 Å². The highest BCUT2D eigenvalue weighted by molar-refractivity contribution is 5.87. The molecule has 4 heteroatoms. The van der Waals surface area contributed by atoms with E-state index in [0.717, 1.165) is 0 Å². The van der Waals surface area contributed by atoms with E-state index in [4.69, 9.17) is 4.74 Å². The molecule has 1 unspecified atom stereocenters. The van der Waals surface area contributed by atoms with Gasteiger partial charge in [0.2, 0.25) is 0 Å². The van der Waals surface area contributed by atoms with E-state index in [0.29, 0.717) is 17.9 Å². The highest BCUT2D eigenvalue weighted by Crippen LogP contribution is 2.33. The van der Waals surface area contributed by atoms with Gasteiger partial charge in [0.15, 0.2) is 5.41 Å². The Morgan fingerprint density at radius 2 is 1.86 bits per heavy atom. The quantitative estimate of drug-likeness (QED) is 0.820. The summed E-state index contributed by atoms with van der Waals surface area (Å²) in [5.74, 6) is 4.88. The van der Waals surface area contributed by atoms with E-state index >= 15 is 0 Å². The monoisotopic (exact) mass is 302 g/mol. The van der Waals surface area contributed by atoms with Gasteiger partial charge in [-0.15, -0.1) is 0 Å². The zero-order valence-corrected chi connectivity index (χ0v) is 13.5. The number of carboxylic acids is 1. The molecule has 0 spiro atoms. The highest BCUT2D eigenvalue weighted by atomic mass is 16.5. The van der Waals surface area contributed by atoms with E-state index < -0.39 is 11.4 Å². The zero-order chi connectivity index (χ0) is 16.8. The molecule has 0 amide bonds. The number of ketones is 1. The van der Waals surface area contributed by atoms with Gasteiger partial charge in [-0.1, -0.05) is 37.8 Å². The van der Waals surface area contributed by atoms with E-state index in [-0.39, 0.29) is 18.1 Å². The first-order valence-electron chi connectivity index (χ1n) is 7.30. The third-order valence-corrected chi connectivity index (χ3v) is 3.45. The molecule has 1 N–H and O–H groups in total. The van der Waals surface area contributed by atoms with Crippen molar-refractivity contribution in [1.29, 1.82) is 0 Å². The molecule has 1 atom stereocenters. The van der Waals surface area contributed by atoms with Gasteiger partial charge in [-0.05, 0) is 37.5 Å². The topological polar surface area (TPSA) is 63.6 Å². The summed E-state index contributed by atoms with van der Waals surface area (Å²) < 4.78 is 5.38. The van der Waals surface area contributed by atoms with Crippen LogP contribution < -0.4 is 4.74 Å². The summed E-state index contributed by atoms with van der Waals surface area (Å²) in [6.07, 6.45) is 0.0543. The SMILES string of the molecule is CCOc1ccc(C(C#CCC(C)=O)(C(=O)O)C(C)C)cc1. The Morgan fingerprint density at radius 1 is 1.27 bits per heavy atom. The summed E-state index contributed by atoms with van der Waals surface area (Å²) in [7, 11) is 0. The molecule has 1 rings (SSSR count). The highest BCUT2D eigenvalue weighted by Gasteiger charge is 2.42. The number of hydrogen-bond donors (Lipinski definition) is 1. The van der Waals surface area contributed by atoms with Crippen molar-refractivity contribution in [3.05, 3.63) is 29.8 Å². The van der Waals surface area contributed by atoms with Crippen LogP contribution in [0.25, 0.3) is 0 Å². The Kier molecular flexibility index (Phi) is 6.18. The first-order valence-corrected chi connectivity index (χ1v) is 7.30. The normalized spacial score (nSPS) is 13.0. The van der Waals surface area contributed by atoms with Gasteiger partial charge in [-0.2, -0.15) is 0 Å². The predicted molar refractivity (Wildman–Crippen MR) is 84.8 cm³/mol. The van der Waals surface area contributed by atoms with Gasteiger partial charge in [0.25, 0.3) is 0 Å². The molecule has 0 aliphatic carbocycles. The number of aliphatic carboxylic acids is 1. The van der Waals surface area contributed by atoms with Crippen molar-refractivity contribution in [3.63, 3.8) is 0 Å². The van der Waals surface area contributed by atoms with Crippen molar-refractivity contribution in [2.45, 2.75) is 39.5 Å². The van der Waals surface area contributed by atoms with E-state index in [9.17, 15) is 14.7 Å². The molecule has 118 valence electrons. The maximum Gasteiger partial charge on any atom is 0.326 e. The second kappa shape index (κ2) is 7.65. The third kappa shape index (κ3) is 3.88. The second-order valence-electron chi connectivity index (χ2n) is 5.41. The number of carboxylic acid groups (broad SMARTS) is 1. The molecule has 0 saturated carbocycles. The van der Waals surface area contributed by atoms with Crippen molar-refractivity contribution < 1.29 is 19.4 Å². The summed E-state index contributed by atoms with van der Waals surface area (Å²) in [5.41, 5.74) is -0.741. The fourth-order valence-corrected chi connectivity index (χ4v) is 2.26. The smallest absolute Gasteiger partial charge is 0.326 e. The van der Waals surface area contributed by atoms with Gasteiger partial charge >= 0.3 is 5.97 Å². The number of carbonyl (C=O) groups excluding carboxylic acids is 1. The average molecular weight is 302 g/mol. The fourth-order valence-electron chi connectivity index (χ4n) is 2.26. The number of Topliss-reactive ketones (excluding diaryl/α,β-unsaturated/α-hetero) is 1. The van der Waals surface area contributed by atoms with E-state index in [1.165, 1.54) is 6.92 Å². The standard InChI is InChI=1S/C18H22O4/c1-5-22-16-10-8-15(9-11-16)18(13(2)3,17(20)21)12-6-7-14(4)19/h8-11,13H,5,7H2,1-4H3,(H,20,21). The molecule has 22 heavy (non-hydrogen) atoms. The minimum atomic E-state index is -1.33. The molecule has 0 saturated heterocycles. The Morgan fingerprint density at radius 3 is 2.27 bits per heavy atom. The van der Waals surface area contributed by atoms with Crippen molar-refractivity contribution in [1.82, 2.24) is 0 Å². The molecule has 0 fully saturated rings. The van der Waals surface area contributed by atoms with Crippen LogP contribution in [0.5, 0.6) is 5.75 Å². The van der Waals surface area contributed by atoms with Crippen LogP contribution in [0.3, 0.4) is 0 Å². The van der Waals surface area contributed by atoms with Crippen molar-refractivity contribution in [2.24, 2.45) is 5.92 Å². The van der Waals surface area contributed by atoms with Gasteiger partial charge in [-0.3, -0.25) is 9.59 Å². The minimum absolute atomic E-state index is 0.0543. The molecule has 0 heterocycles. The summed E-state index contributed by atoms with van der Waals surface area (Å²) >= 11 is 0. The minimum Gasteiger partial charge on any atom is -0.494 e. The lowest BCUT2D eigenvalue weighted by Gasteiger charge is -2.28. The molecular formula is C18H22O4. The predicted octanol–water partition coefficient (Wildman–Crippen LogP) is 3.05. The molecule has 4 nitrogen and oxygen atoms in total. The lowest BCUT2D eigenvalue weighted by molar-refractivity contribution is -0.143. The number of ether oxygens (including phenoxy) is 1. The van der Waals surface area contributed by atoms with E-state index in [1.54, 1.807) is 24.3 Å². The van der Waals surface area contributed by atoms with E-state index in [2.05, 4.69) is 11.8 Å². The van der Waals surface area contributed by atoms with Crippen LogP contribution in [0.4, 0.5) is 0 Å². The Hall–Kier alpha value is -2.28. The lowest BCUT2D eigenvalue weighted by Crippen LogP contribution is -2.39. The van der Waals surface area contributed by atoms with Crippen LogP contribution in [-0.2, 0) is 15.0 Å². The molecule has 0 aliphatic heterocycles. The number of carbonyl (C=O) groups is 2. The van der Waals surface area contributed by atoms with Crippen LogP contribution in [0, 0.1) is 17.8 Å². The number of rotatable bonds is 6. The summed E-state index contributed by atoms with van der Waals surface area (Å²) in [6.45, 7) is 7.49. The summed E-state index contributed by atoms with van der Waals surface area (Å²) in [5, 5.41) is 9.77. The van der Waals surface area contributed by atoms with E-state index in [1.807, 2.05) is 20.8 Å².